The Morgan fingerprint density at radius 3 is 2.44 bits per heavy atom. The molecule has 0 spiro atoms. The van der Waals surface area contributed by atoms with Crippen LogP contribution in [0.2, 0.25) is 0 Å². The van der Waals surface area contributed by atoms with Gasteiger partial charge in [-0.1, -0.05) is 12.7 Å². The summed E-state index contributed by atoms with van der Waals surface area (Å²) in [7, 11) is 3.09. The molecule has 0 heterocycles. The summed E-state index contributed by atoms with van der Waals surface area (Å²) in [4.78, 5) is 12.3. The van der Waals surface area contributed by atoms with Crippen LogP contribution in [-0.4, -0.2) is 32.9 Å². The van der Waals surface area contributed by atoms with Crippen LogP contribution in [-0.2, 0) is 0 Å². The van der Waals surface area contributed by atoms with E-state index in [2.05, 4.69) is 49.0 Å². The average molecular weight is 498 g/mol. The van der Waals surface area contributed by atoms with Crippen molar-refractivity contribution in [3.8, 4) is 17.2 Å². The van der Waals surface area contributed by atoms with Crippen molar-refractivity contribution in [1.82, 2.24) is 5.43 Å². The van der Waals surface area contributed by atoms with Gasteiger partial charge in [0.25, 0.3) is 5.91 Å². The second kappa shape index (κ2) is 10.1. The minimum atomic E-state index is -0.369. The van der Waals surface area contributed by atoms with E-state index in [4.69, 9.17) is 14.2 Å². The number of ether oxygens (including phenoxy) is 3. The number of nitrogens with one attached hydrogen (secondary N) is 1. The second-order valence-electron chi connectivity index (χ2n) is 5.18. The van der Waals surface area contributed by atoms with E-state index in [0.717, 1.165) is 14.5 Å². The van der Waals surface area contributed by atoms with E-state index in [1.165, 1.54) is 13.3 Å². The summed E-state index contributed by atoms with van der Waals surface area (Å²) in [5.74, 6) is 1.30. The summed E-state index contributed by atoms with van der Waals surface area (Å²) in [5, 5.41) is 3.99. The molecule has 6 nitrogen and oxygen atoms in total. The second-order valence-corrected chi connectivity index (χ2v) is 6.89. The zero-order valence-corrected chi connectivity index (χ0v) is 18.0. The number of halogens is 2. The Hall–Kier alpha value is -2.32. The summed E-state index contributed by atoms with van der Waals surface area (Å²) >= 11 is 6.84. The largest absolute Gasteiger partial charge is 0.494 e. The standard InChI is InChI=1S/C19H18Br2N2O4/c1-4-7-27-16-6-5-13(10-17(16)25-2)19(24)23-22-11-12-8-14(20)18(26-3)15(21)9-12/h4-6,8-11H,1,7H2,2-3H3,(H,23,24)/b22-11+. The van der Waals surface area contributed by atoms with Crippen LogP contribution in [0.25, 0.3) is 0 Å². The van der Waals surface area contributed by atoms with Crippen LogP contribution >= 0.6 is 31.9 Å². The molecule has 142 valence electrons. The van der Waals surface area contributed by atoms with Crippen LogP contribution < -0.4 is 19.6 Å². The van der Waals surface area contributed by atoms with Gasteiger partial charge >= 0.3 is 0 Å². The van der Waals surface area contributed by atoms with E-state index in [1.807, 2.05) is 12.1 Å². The monoisotopic (exact) mass is 496 g/mol. The maximum absolute atomic E-state index is 12.3. The Labute approximate surface area is 174 Å². The first-order valence-electron chi connectivity index (χ1n) is 7.78. The molecule has 0 radical (unpaired) electrons. The molecule has 0 aliphatic carbocycles. The normalized spacial score (nSPS) is 10.5. The lowest BCUT2D eigenvalue weighted by atomic mass is 10.2. The maximum Gasteiger partial charge on any atom is 0.271 e. The molecule has 27 heavy (non-hydrogen) atoms. The van der Waals surface area contributed by atoms with Crippen molar-refractivity contribution >= 4 is 44.0 Å². The lowest BCUT2D eigenvalue weighted by Crippen LogP contribution is -2.17. The van der Waals surface area contributed by atoms with Crippen molar-refractivity contribution in [1.29, 1.82) is 0 Å². The molecule has 0 fully saturated rings. The van der Waals surface area contributed by atoms with Gasteiger partial charge in [-0.3, -0.25) is 4.79 Å². The number of rotatable bonds is 8. The molecule has 2 rings (SSSR count). The highest BCUT2D eigenvalue weighted by Crippen LogP contribution is 2.34. The van der Waals surface area contributed by atoms with Gasteiger partial charge in [0.2, 0.25) is 0 Å². The zero-order chi connectivity index (χ0) is 19.8. The third-order valence-electron chi connectivity index (χ3n) is 3.39. The van der Waals surface area contributed by atoms with E-state index >= 15 is 0 Å². The molecule has 8 heteroatoms. The first kappa shape index (κ1) is 21.0. The molecule has 2 aromatic carbocycles. The smallest absolute Gasteiger partial charge is 0.271 e. The van der Waals surface area contributed by atoms with Gasteiger partial charge in [0, 0.05) is 5.56 Å². The third-order valence-corrected chi connectivity index (χ3v) is 4.57. The number of hydrazone groups is 1. The minimum Gasteiger partial charge on any atom is -0.494 e. The van der Waals surface area contributed by atoms with E-state index in [9.17, 15) is 4.79 Å². The number of hydrogen-bond donors (Lipinski definition) is 1. The van der Waals surface area contributed by atoms with Crippen molar-refractivity contribution < 1.29 is 19.0 Å². The molecule has 0 atom stereocenters. The summed E-state index contributed by atoms with van der Waals surface area (Å²) in [6.45, 7) is 3.94. The number of amides is 1. The highest BCUT2D eigenvalue weighted by molar-refractivity contribution is 9.11. The van der Waals surface area contributed by atoms with Crippen LogP contribution in [0.5, 0.6) is 17.2 Å². The number of benzene rings is 2. The van der Waals surface area contributed by atoms with Crippen molar-refractivity contribution in [3.63, 3.8) is 0 Å². The van der Waals surface area contributed by atoms with Gasteiger partial charge in [0.1, 0.15) is 12.4 Å². The lowest BCUT2D eigenvalue weighted by Gasteiger charge is -2.10. The SMILES string of the molecule is C=CCOc1ccc(C(=O)N/N=C/c2cc(Br)c(OC)c(Br)c2)cc1OC. The molecule has 0 unspecified atom stereocenters. The Morgan fingerprint density at radius 1 is 1.15 bits per heavy atom. The van der Waals surface area contributed by atoms with Crippen molar-refractivity contribution in [2.24, 2.45) is 5.10 Å². The van der Waals surface area contributed by atoms with Gasteiger partial charge < -0.3 is 14.2 Å². The first-order valence-corrected chi connectivity index (χ1v) is 9.37. The lowest BCUT2D eigenvalue weighted by molar-refractivity contribution is 0.0954. The quantitative estimate of drug-likeness (QED) is 0.330. The maximum atomic E-state index is 12.3. The molecule has 0 aliphatic rings. The predicted octanol–water partition coefficient (Wildman–Crippen LogP) is 4.56. The van der Waals surface area contributed by atoms with Gasteiger partial charge in [-0.05, 0) is 67.8 Å². The highest BCUT2D eigenvalue weighted by atomic mass is 79.9. The molecule has 0 aromatic heterocycles. The van der Waals surface area contributed by atoms with E-state index in [1.54, 1.807) is 31.4 Å². The molecule has 1 N–H and O–H groups in total. The Kier molecular flexibility index (Phi) is 7.87. The molecule has 1 amide bonds. The minimum absolute atomic E-state index is 0.346. The van der Waals surface area contributed by atoms with Crippen LogP contribution in [0, 0.1) is 0 Å². The van der Waals surface area contributed by atoms with Crippen LogP contribution in [0.4, 0.5) is 0 Å². The third kappa shape index (κ3) is 5.58. The van der Waals surface area contributed by atoms with Gasteiger partial charge in [-0.25, -0.2) is 5.43 Å². The number of nitrogens with zero attached hydrogens (tertiary/aromatic N) is 1. The Morgan fingerprint density at radius 2 is 1.85 bits per heavy atom. The molecular weight excluding hydrogens is 480 g/mol. The molecule has 0 aliphatic heterocycles. The fraction of sp³-hybridized carbons (Fsp3) is 0.158. The van der Waals surface area contributed by atoms with Gasteiger partial charge in [0.15, 0.2) is 11.5 Å². The topological polar surface area (TPSA) is 69.2 Å². The van der Waals surface area contributed by atoms with Gasteiger partial charge in [0.05, 0.1) is 29.4 Å². The van der Waals surface area contributed by atoms with Crippen LogP contribution in [0.1, 0.15) is 15.9 Å². The van der Waals surface area contributed by atoms with E-state index < -0.39 is 0 Å². The summed E-state index contributed by atoms with van der Waals surface area (Å²) in [5.41, 5.74) is 3.66. The number of hydrogen-bond acceptors (Lipinski definition) is 5. The fourth-order valence-electron chi connectivity index (χ4n) is 2.16. The molecule has 0 saturated heterocycles. The molecule has 2 aromatic rings. The van der Waals surface area contributed by atoms with E-state index in [-0.39, 0.29) is 5.91 Å². The van der Waals surface area contributed by atoms with Crippen molar-refractivity contribution in [2.75, 3.05) is 20.8 Å². The van der Waals surface area contributed by atoms with Gasteiger partial charge in [-0.15, -0.1) is 0 Å². The Bertz CT molecular complexity index is 846. The van der Waals surface area contributed by atoms with E-state index in [0.29, 0.717) is 29.4 Å². The highest BCUT2D eigenvalue weighted by Gasteiger charge is 2.11. The van der Waals surface area contributed by atoms with Crippen molar-refractivity contribution in [3.05, 3.63) is 63.1 Å². The molecular formula is C19H18Br2N2O4. The first-order chi connectivity index (χ1) is 13.0. The average Bonchev–Trinajstić information content (AvgIpc) is 2.66. The summed E-state index contributed by atoms with van der Waals surface area (Å²) < 4.78 is 17.5. The number of carbonyl (C=O) groups excluding carboxylic acids is 1. The van der Waals surface area contributed by atoms with Gasteiger partial charge in [-0.2, -0.15) is 5.10 Å². The Balaban J connectivity index is 2.09. The van der Waals surface area contributed by atoms with Crippen LogP contribution in [0.3, 0.4) is 0 Å². The predicted molar refractivity (Wildman–Crippen MR) is 112 cm³/mol. The summed E-state index contributed by atoms with van der Waals surface area (Å²) in [6, 6.07) is 8.54. The number of carbonyl (C=O) groups is 1. The fourth-order valence-corrected chi connectivity index (χ4v) is 3.70. The zero-order valence-electron chi connectivity index (χ0n) is 14.8. The molecule has 0 saturated carbocycles. The van der Waals surface area contributed by atoms with Crippen LogP contribution in [0.15, 0.2) is 57.0 Å². The molecule has 0 bridgehead atoms. The summed E-state index contributed by atoms with van der Waals surface area (Å²) in [6.07, 6.45) is 3.16. The number of methoxy groups -OCH3 is 2. The van der Waals surface area contributed by atoms with Crippen molar-refractivity contribution in [2.45, 2.75) is 0 Å².